The van der Waals surface area contributed by atoms with Gasteiger partial charge in [0.25, 0.3) is 0 Å². The number of hydrogen-bond acceptors (Lipinski definition) is 2. The summed E-state index contributed by atoms with van der Waals surface area (Å²) in [5.74, 6) is 0.606. The number of halogens is 2. The van der Waals surface area contributed by atoms with Crippen molar-refractivity contribution in [1.29, 1.82) is 0 Å². The molecule has 0 saturated heterocycles. The molecule has 0 aliphatic rings. The Kier molecular flexibility index (Phi) is 5.01. The maximum atomic E-state index is 13.2. The van der Waals surface area contributed by atoms with E-state index in [1.54, 1.807) is 13.2 Å². The fourth-order valence-corrected chi connectivity index (χ4v) is 2.40. The molecule has 20 heavy (non-hydrogen) atoms. The lowest BCUT2D eigenvalue weighted by molar-refractivity contribution is 0.414. The van der Waals surface area contributed by atoms with Gasteiger partial charge >= 0.3 is 0 Å². The van der Waals surface area contributed by atoms with Crippen LogP contribution in [-0.4, -0.2) is 13.2 Å². The minimum atomic E-state index is -0.243. The summed E-state index contributed by atoms with van der Waals surface area (Å²) in [5, 5.41) is 3.31. The molecule has 0 radical (unpaired) electrons. The summed E-state index contributed by atoms with van der Waals surface area (Å²) in [6, 6.07) is 12.8. The maximum Gasteiger partial charge on any atom is 0.125 e. The number of hydrogen-bond donors (Lipinski definition) is 1. The van der Waals surface area contributed by atoms with E-state index in [0.29, 0.717) is 0 Å². The molecule has 0 spiro atoms. The van der Waals surface area contributed by atoms with Gasteiger partial charge in [0.05, 0.1) is 12.8 Å². The van der Waals surface area contributed by atoms with Crippen LogP contribution in [0.25, 0.3) is 0 Å². The van der Waals surface area contributed by atoms with Gasteiger partial charge in [0.2, 0.25) is 0 Å². The Labute approximate surface area is 127 Å². The Morgan fingerprint density at radius 2 is 1.90 bits per heavy atom. The van der Waals surface area contributed by atoms with E-state index in [-0.39, 0.29) is 11.9 Å². The zero-order valence-electron chi connectivity index (χ0n) is 11.5. The van der Waals surface area contributed by atoms with E-state index in [0.717, 1.165) is 22.3 Å². The molecule has 4 heteroatoms. The molecule has 2 nitrogen and oxygen atoms in total. The van der Waals surface area contributed by atoms with Crippen LogP contribution in [0, 0.1) is 5.82 Å². The first-order chi connectivity index (χ1) is 9.58. The van der Waals surface area contributed by atoms with Crippen molar-refractivity contribution in [2.45, 2.75) is 19.4 Å². The normalized spacial score (nSPS) is 12.0. The molecule has 2 aromatic carbocycles. The Balaban J connectivity index is 2.00. The van der Waals surface area contributed by atoms with Crippen molar-refractivity contribution in [2.24, 2.45) is 0 Å². The van der Waals surface area contributed by atoms with Gasteiger partial charge in [0, 0.05) is 10.5 Å². The SMILES string of the molecule is COc1ccc(CC(C)Nc2cc(F)ccc2Br)cc1. The molecule has 0 fully saturated rings. The molecule has 2 rings (SSSR count). The van der Waals surface area contributed by atoms with E-state index in [1.807, 2.05) is 24.3 Å². The van der Waals surface area contributed by atoms with Crippen LogP contribution < -0.4 is 10.1 Å². The molecule has 1 atom stereocenters. The van der Waals surface area contributed by atoms with Crippen molar-refractivity contribution in [3.63, 3.8) is 0 Å². The summed E-state index contributed by atoms with van der Waals surface area (Å²) >= 11 is 3.42. The molecule has 0 amide bonds. The monoisotopic (exact) mass is 337 g/mol. The molecular weight excluding hydrogens is 321 g/mol. The Morgan fingerprint density at radius 3 is 2.55 bits per heavy atom. The molecule has 0 bridgehead atoms. The number of nitrogens with one attached hydrogen (secondary N) is 1. The minimum absolute atomic E-state index is 0.196. The minimum Gasteiger partial charge on any atom is -0.497 e. The Hall–Kier alpha value is -1.55. The highest BCUT2D eigenvalue weighted by Crippen LogP contribution is 2.24. The van der Waals surface area contributed by atoms with Crippen LogP contribution >= 0.6 is 15.9 Å². The highest BCUT2D eigenvalue weighted by Gasteiger charge is 2.07. The number of rotatable bonds is 5. The predicted molar refractivity (Wildman–Crippen MR) is 83.9 cm³/mol. The summed E-state index contributed by atoms with van der Waals surface area (Å²) in [7, 11) is 1.65. The molecular formula is C16H17BrFNO. The van der Waals surface area contributed by atoms with Crippen molar-refractivity contribution in [1.82, 2.24) is 0 Å². The summed E-state index contributed by atoms with van der Waals surface area (Å²) in [5.41, 5.74) is 1.98. The van der Waals surface area contributed by atoms with E-state index >= 15 is 0 Å². The summed E-state index contributed by atoms with van der Waals surface area (Å²) in [6.45, 7) is 2.07. The lowest BCUT2D eigenvalue weighted by atomic mass is 10.1. The molecule has 0 saturated carbocycles. The molecule has 0 aromatic heterocycles. The number of benzene rings is 2. The van der Waals surface area contributed by atoms with Gasteiger partial charge < -0.3 is 10.1 Å². The van der Waals surface area contributed by atoms with E-state index in [9.17, 15) is 4.39 Å². The third-order valence-corrected chi connectivity index (χ3v) is 3.72. The van der Waals surface area contributed by atoms with Crippen LogP contribution in [0.2, 0.25) is 0 Å². The van der Waals surface area contributed by atoms with E-state index in [2.05, 4.69) is 28.2 Å². The smallest absolute Gasteiger partial charge is 0.125 e. The lowest BCUT2D eigenvalue weighted by Crippen LogP contribution is -2.18. The second kappa shape index (κ2) is 6.75. The van der Waals surface area contributed by atoms with Gasteiger partial charge in [0.15, 0.2) is 0 Å². The fraction of sp³-hybridized carbons (Fsp3) is 0.250. The largest absolute Gasteiger partial charge is 0.497 e. The molecule has 1 N–H and O–H groups in total. The quantitative estimate of drug-likeness (QED) is 0.858. The van der Waals surface area contributed by atoms with E-state index in [4.69, 9.17) is 4.74 Å². The second-order valence-corrected chi connectivity index (χ2v) is 5.58. The van der Waals surface area contributed by atoms with Crippen LogP contribution in [0.1, 0.15) is 12.5 Å². The zero-order valence-corrected chi connectivity index (χ0v) is 13.1. The van der Waals surface area contributed by atoms with Gasteiger partial charge in [-0.3, -0.25) is 0 Å². The van der Waals surface area contributed by atoms with Gasteiger partial charge in [-0.2, -0.15) is 0 Å². The number of anilines is 1. The standard InChI is InChI=1S/C16H17BrFNO/c1-11(9-12-3-6-14(20-2)7-4-12)19-16-10-13(18)5-8-15(16)17/h3-8,10-11,19H,9H2,1-2H3. The van der Waals surface area contributed by atoms with Crippen molar-refractivity contribution in [3.05, 3.63) is 58.3 Å². The summed E-state index contributed by atoms with van der Waals surface area (Å²) < 4.78 is 19.2. The predicted octanol–water partition coefficient (Wildman–Crippen LogP) is 4.64. The second-order valence-electron chi connectivity index (χ2n) is 4.72. The number of methoxy groups -OCH3 is 1. The van der Waals surface area contributed by atoms with Gasteiger partial charge in [-0.25, -0.2) is 4.39 Å². The third kappa shape index (κ3) is 3.97. The van der Waals surface area contributed by atoms with Crippen molar-refractivity contribution in [3.8, 4) is 5.75 Å². The Morgan fingerprint density at radius 1 is 1.20 bits per heavy atom. The van der Waals surface area contributed by atoms with Crippen LogP contribution in [0.4, 0.5) is 10.1 Å². The molecule has 2 aromatic rings. The third-order valence-electron chi connectivity index (χ3n) is 3.03. The molecule has 0 aliphatic carbocycles. The van der Waals surface area contributed by atoms with Gasteiger partial charge in [-0.15, -0.1) is 0 Å². The molecule has 0 aliphatic heterocycles. The zero-order chi connectivity index (χ0) is 14.5. The fourth-order valence-electron chi connectivity index (χ4n) is 2.04. The van der Waals surface area contributed by atoms with Crippen LogP contribution in [0.5, 0.6) is 5.75 Å². The van der Waals surface area contributed by atoms with Crippen molar-refractivity contribution < 1.29 is 9.13 Å². The van der Waals surface area contributed by atoms with E-state index < -0.39 is 0 Å². The first kappa shape index (κ1) is 14.9. The van der Waals surface area contributed by atoms with Crippen molar-refractivity contribution >= 4 is 21.6 Å². The molecule has 1 unspecified atom stereocenters. The average molecular weight is 338 g/mol. The van der Waals surface area contributed by atoms with Crippen LogP contribution in [0.3, 0.4) is 0 Å². The summed E-state index contributed by atoms with van der Waals surface area (Å²) in [4.78, 5) is 0. The first-order valence-corrected chi connectivity index (χ1v) is 7.22. The van der Waals surface area contributed by atoms with Crippen LogP contribution in [-0.2, 0) is 6.42 Å². The highest BCUT2D eigenvalue weighted by atomic mass is 79.9. The van der Waals surface area contributed by atoms with Gasteiger partial charge in [-0.1, -0.05) is 12.1 Å². The summed E-state index contributed by atoms with van der Waals surface area (Å²) in [6.07, 6.45) is 0.854. The lowest BCUT2D eigenvalue weighted by Gasteiger charge is -2.17. The topological polar surface area (TPSA) is 21.3 Å². The van der Waals surface area contributed by atoms with Gasteiger partial charge in [0.1, 0.15) is 11.6 Å². The molecule has 106 valence electrons. The first-order valence-electron chi connectivity index (χ1n) is 6.43. The number of ether oxygens (including phenoxy) is 1. The average Bonchev–Trinajstić information content (AvgIpc) is 2.43. The van der Waals surface area contributed by atoms with Crippen LogP contribution in [0.15, 0.2) is 46.9 Å². The molecule has 0 heterocycles. The van der Waals surface area contributed by atoms with Gasteiger partial charge in [-0.05, 0) is 65.2 Å². The van der Waals surface area contributed by atoms with E-state index in [1.165, 1.54) is 17.7 Å². The highest BCUT2D eigenvalue weighted by molar-refractivity contribution is 9.10. The maximum absolute atomic E-state index is 13.2. The Bertz CT molecular complexity index is 571. The van der Waals surface area contributed by atoms with Crippen molar-refractivity contribution in [2.75, 3.05) is 12.4 Å².